The molecule has 0 saturated heterocycles. The van der Waals surface area contributed by atoms with Crippen molar-refractivity contribution in [2.75, 3.05) is 12.4 Å². The Morgan fingerprint density at radius 1 is 1.11 bits per heavy atom. The molecule has 0 unspecified atom stereocenters. The van der Waals surface area contributed by atoms with Gasteiger partial charge in [-0.05, 0) is 13.3 Å². The molecule has 0 atom stereocenters. The first kappa shape index (κ1) is 17.8. The first-order chi connectivity index (χ1) is 8.99. The summed E-state index contributed by atoms with van der Waals surface area (Å²) in [6.07, 6.45) is 5.54. The van der Waals surface area contributed by atoms with Crippen LogP contribution in [-0.2, 0) is 19.4 Å². The minimum Gasteiger partial charge on any atom is -0.457 e. The van der Waals surface area contributed by atoms with Crippen LogP contribution in [0.5, 0.6) is 0 Å². The lowest BCUT2D eigenvalue weighted by Crippen LogP contribution is -2.29. The molecular weight excluding hydrogens is 268 g/mol. The fraction of sp³-hybridized carbons (Fsp3) is 0.833. The highest BCUT2D eigenvalue weighted by Crippen LogP contribution is 2.07. The second-order valence-electron chi connectivity index (χ2n) is 4.21. The molecule has 0 rings (SSSR count). The van der Waals surface area contributed by atoms with Gasteiger partial charge in [-0.1, -0.05) is 39.0 Å². The van der Waals surface area contributed by atoms with Crippen molar-refractivity contribution in [1.82, 2.24) is 0 Å². The van der Waals surface area contributed by atoms with E-state index in [1.54, 1.807) is 6.92 Å². The van der Waals surface area contributed by atoms with Crippen LogP contribution in [0.1, 0.15) is 52.4 Å². The number of carbonyl (C=O) groups is 1. The maximum atomic E-state index is 11.8. The maximum Gasteiger partial charge on any atom is 0.488 e. The molecule has 0 spiro atoms. The first-order valence-corrected chi connectivity index (χ1v) is 8.26. The molecule has 0 aliphatic carbocycles. The van der Waals surface area contributed by atoms with Crippen LogP contribution in [0.2, 0.25) is 0 Å². The lowest BCUT2D eigenvalue weighted by Gasteiger charge is -2.01. The zero-order chi connectivity index (χ0) is 14.7. The molecule has 110 valence electrons. The maximum absolute atomic E-state index is 11.8. The second-order valence-corrected chi connectivity index (χ2v) is 6.24. The summed E-state index contributed by atoms with van der Waals surface area (Å²) in [5.41, 5.74) is 8.64. The number of carbonyl (C=O) groups excluding carboxylic acids is 1. The van der Waals surface area contributed by atoms with E-state index in [2.05, 4.69) is 16.5 Å². The Bertz CT molecular complexity index is 425. The molecule has 0 N–H and O–H groups in total. The summed E-state index contributed by atoms with van der Waals surface area (Å²) < 4.78 is 28.1. The number of nitrogens with zero attached hydrogens (tertiary/aromatic N) is 2. The van der Waals surface area contributed by atoms with E-state index in [0.717, 1.165) is 32.1 Å². The summed E-state index contributed by atoms with van der Waals surface area (Å²) in [7, 11) is -3.86. The zero-order valence-electron chi connectivity index (χ0n) is 11.6. The van der Waals surface area contributed by atoms with E-state index in [-0.39, 0.29) is 12.4 Å². The van der Waals surface area contributed by atoms with Crippen molar-refractivity contribution in [2.24, 2.45) is 0 Å². The van der Waals surface area contributed by atoms with E-state index in [4.69, 9.17) is 5.53 Å². The molecule has 6 nitrogen and oxygen atoms in total. The van der Waals surface area contributed by atoms with Crippen LogP contribution in [0.4, 0.5) is 0 Å². The van der Waals surface area contributed by atoms with Crippen molar-refractivity contribution in [2.45, 2.75) is 52.4 Å². The summed E-state index contributed by atoms with van der Waals surface area (Å²) in [5, 5.41) is -0.900. The highest BCUT2D eigenvalue weighted by atomic mass is 32.2. The van der Waals surface area contributed by atoms with E-state index in [0.29, 0.717) is 6.42 Å². The van der Waals surface area contributed by atoms with Gasteiger partial charge in [0.15, 0.2) is 0 Å². The first-order valence-electron chi connectivity index (χ1n) is 6.61. The van der Waals surface area contributed by atoms with E-state index in [1.165, 1.54) is 0 Å². The molecule has 0 aromatic rings. The van der Waals surface area contributed by atoms with Crippen LogP contribution in [-0.4, -0.2) is 36.6 Å². The molecule has 0 aliphatic rings. The van der Waals surface area contributed by atoms with Crippen molar-refractivity contribution in [3.63, 3.8) is 0 Å². The average molecular weight is 290 g/mol. The lowest BCUT2D eigenvalue weighted by molar-refractivity contribution is -0.138. The molecular formula is C12H22N2O4S. The van der Waals surface area contributed by atoms with Crippen molar-refractivity contribution >= 4 is 20.9 Å². The van der Waals surface area contributed by atoms with Crippen molar-refractivity contribution < 1.29 is 22.7 Å². The van der Waals surface area contributed by atoms with Crippen LogP contribution in [0.25, 0.3) is 5.53 Å². The fourth-order valence-corrected chi connectivity index (χ4v) is 2.81. The van der Waals surface area contributed by atoms with Gasteiger partial charge in [0.25, 0.3) is 9.84 Å². The molecule has 0 radical (unpaired) electrons. The molecule has 19 heavy (non-hydrogen) atoms. The van der Waals surface area contributed by atoms with E-state index in [9.17, 15) is 13.2 Å². The number of esters is 1. The van der Waals surface area contributed by atoms with Gasteiger partial charge in [-0.25, -0.2) is 13.2 Å². The van der Waals surface area contributed by atoms with Gasteiger partial charge in [0.05, 0.1) is 12.4 Å². The van der Waals surface area contributed by atoms with Crippen molar-refractivity contribution in [3.8, 4) is 0 Å². The summed E-state index contributed by atoms with van der Waals surface area (Å²) in [6, 6.07) is 0. The average Bonchev–Trinajstić information content (AvgIpc) is 2.34. The second kappa shape index (κ2) is 9.69. The highest BCUT2D eigenvalue weighted by Gasteiger charge is 2.36. The van der Waals surface area contributed by atoms with Gasteiger partial charge in [0.1, 0.15) is 0 Å². The summed E-state index contributed by atoms with van der Waals surface area (Å²) >= 11 is 0. The topological polar surface area (TPSA) is 96.8 Å². The standard InChI is InChI=1S/C12H22N2O4S/c1-3-5-6-7-8-9-10-19(16,17)11(14-13)12(15)18-4-2/h3-10H2,1-2H3. The summed E-state index contributed by atoms with van der Waals surface area (Å²) in [5.74, 6) is -1.30. The van der Waals surface area contributed by atoms with Crippen LogP contribution in [0, 0.1) is 0 Å². The van der Waals surface area contributed by atoms with Crippen LogP contribution < -0.4 is 0 Å². The van der Waals surface area contributed by atoms with Crippen molar-refractivity contribution in [1.29, 1.82) is 0 Å². The third-order valence-electron chi connectivity index (χ3n) is 2.60. The van der Waals surface area contributed by atoms with Crippen LogP contribution >= 0.6 is 0 Å². The number of ether oxygens (including phenoxy) is 1. The number of sulfone groups is 1. The SMILES string of the molecule is CCCCCCCCS(=O)(=O)C(=[N+]=[N-])C(=O)OCC. The molecule has 0 bridgehead atoms. The summed E-state index contributed by atoms with van der Waals surface area (Å²) in [6.45, 7) is 3.69. The number of hydrogen-bond acceptors (Lipinski definition) is 4. The fourth-order valence-electron chi connectivity index (χ4n) is 1.59. The molecule has 0 heterocycles. The van der Waals surface area contributed by atoms with Gasteiger partial charge in [-0.3, -0.25) is 0 Å². The number of hydrogen-bond donors (Lipinski definition) is 0. The van der Waals surface area contributed by atoms with Gasteiger partial charge >= 0.3 is 11.0 Å². The predicted octanol–water partition coefficient (Wildman–Crippen LogP) is 1.95. The summed E-state index contributed by atoms with van der Waals surface area (Å²) in [4.78, 5) is 13.9. The largest absolute Gasteiger partial charge is 0.488 e. The van der Waals surface area contributed by atoms with Gasteiger partial charge in [0.2, 0.25) is 0 Å². The quantitative estimate of drug-likeness (QED) is 0.170. The Kier molecular flexibility index (Phi) is 9.08. The normalized spacial score (nSPS) is 10.8. The molecule has 0 aliphatic heterocycles. The Hall–Kier alpha value is -1.20. The van der Waals surface area contributed by atoms with Gasteiger partial charge in [-0.2, -0.15) is 0 Å². The van der Waals surface area contributed by atoms with Gasteiger partial charge < -0.3 is 10.3 Å². The lowest BCUT2D eigenvalue weighted by atomic mass is 10.1. The van der Waals surface area contributed by atoms with E-state index >= 15 is 0 Å². The minimum absolute atomic E-state index is 0.0321. The Morgan fingerprint density at radius 3 is 2.21 bits per heavy atom. The Labute approximate surface area is 114 Å². The van der Waals surface area contributed by atoms with Crippen molar-refractivity contribution in [3.05, 3.63) is 5.53 Å². The Morgan fingerprint density at radius 2 is 1.68 bits per heavy atom. The van der Waals surface area contributed by atoms with Crippen LogP contribution in [0.15, 0.2) is 0 Å². The van der Waals surface area contributed by atoms with Gasteiger partial charge in [0, 0.05) is 0 Å². The zero-order valence-corrected chi connectivity index (χ0v) is 12.4. The smallest absolute Gasteiger partial charge is 0.457 e. The molecule has 0 aromatic heterocycles. The van der Waals surface area contributed by atoms with Gasteiger partial charge in [-0.15, -0.1) is 4.79 Å². The van der Waals surface area contributed by atoms with E-state index < -0.39 is 20.9 Å². The number of unbranched alkanes of at least 4 members (excludes halogenated alkanes) is 5. The van der Waals surface area contributed by atoms with Crippen LogP contribution in [0.3, 0.4) is 0 Å². The monoisotopic (exact) mass is 290 g/mol. The van der Waals surface area contributed by atoms with E-state index in [1.807, 2.05) is 0 Å². The Balaban J connectivity index is 4.30. The predicted molar refractivity (Wildman–Crippen MR) is 72.4 cm³/mol. The molecule has 0 fully saturated rings. The number of rotatable bonds is 8. The molecule has 7 heteroatoms. The third kappa shape index (κ3) is 7.08. The third-order valence-corrected chi connectivity index (χ3v) is 4.27. The minimum atomic E-state index is -3.86. The molecule has 0 saturated carbocycles. The highest BCUT2D eigenvalue weighted by molar-refractivity contribution is 8.07. The molecule has 0 amide bonds. The molecule has 0 aromatic carbocycles.